The van der Waals surface area contributed by atoms with Crippen molar-refractivity contribution < 1.29 is 5.11 Å². The molecule has 0 aliphatic carbocycles. The highest BCUT2D eigenvalue weighted by atomic mass is 32.1. The largest absolute Gasteiger partial charge is 0.507 e. The molecule has 0 saturated carbocycles. The molecule has 0 aliphatic heterocycles. The van der Waals surface area contributed by atoms with Crippen LogP contribution in [0.5, 0.6) is 5.75 Å². The van der Waals surface area contributed by atoms with Gasteiger partial charge in [0.2, 0.25) is 0 Å². The minimum absolute atomic E-state index is 0.226. The molecule has 3 heteroatoms. The maximum absolute atomic E-state index is 9.79. The van der Waals surface area contributed by atoms with Gasteiger partial charge in [-0.15, -0.1) is 25.3 Å². The van der Waals surface area contributed by atoms with Gasteiger partial charge in [0.05, 0.1) is 0 Å². The molecule has 0 spiro atoms. The standard InChI is InChI=1S/C12H10OS2/c13-9-6-7-10(14)12(15)11(9)8-4-2-1-3-5-8/h1-7,13-15H. The number of benzene rings is 2. The highest BCUT2D eigenvalue weighted by molar-refractivity contribution is 7.83. The Hall–Kier alpha value is -1.06. The zero-order chi connectivity index (χ0) is 10.8. The van der Waals surface area contributed by atoms with E-state index in [2.05, 4.69) is 25.3 Å². The molecule has 0 heterocycles. The van der Waals surface area contributed by atoms with Crippen LogP contribution in [-0.4, -0.2) is 5.11 Å². The van der Waals surface area contributed by atoms with Gasteiger partial charge in [0, 0.05) is 15.4 Å². The molecule has 0 aromatic heterocycles. The minimum Gasteiger partial charge on any atom is -0.507 e. The van der Waals surface area contributed by atoms with Crippen LogP contribution in [0.4, 0.5) is 0 Å². The van der Waals surface area contributed by atoms with Gasteiger partial charge >= 0.3 is 0 Å². The van der Waals surface area contributed by atoms with Gasteiger partial charge in [0.15, 0.2) is 0 Å². The lowest BCUT2D eigenvalue weighted by atomic mass is 10.0. The molecule has 0 amide bonds. The third-order valence-corrected chi connectivity index (χ3v) is 3.21. The van der Waals surface area contributed by atoms with E-state index in [9.17, 15) is 5.11 Å². The second-order valence-corrected chi connectivity index (χ2v) is 4.12. The topological polar surface area (TPSA) is 20.2 Å². The molecule has 2 aromatic rings. The van der Waals surface area contributed by atoms with E-state index in [0.717, 1.165) is 16.0 Å². The Morgan fingerprint density at radius 3 is 2.20 bits per heavy atom. The first-order valence-corrected chi connectivity index (χ1v) is 5.39. The van der Waals surface area contributed by atoms with E-state index in [0.29, 0.717) is 4.90 Å². The SMILES string of the molecule is Oc1ccc(S)c(S)c1-c1ccccc1. The smallest absolute Gasteiger partial charge is 0.124 e. The Kier molecular flexibility index (Phi) is 2.93. The zero-order valence-corrected chi connectivity index (χ0v) is 9.67. The Morgan fingerprint density at radius 2 is 1.53 bits per heavy atom. The molecular formula is C12H10OS2. The molecule has 0 aliphatic rings. The van der Waals surface area contributed by atoms with Gasteiger partial charge in [-0.1, -0.05) is 30.3 Å². The second-order valence-electron chi connectivity index (χ2n) is 3.19. The van der Waals surface area contributed by atoms with E-state index in [-0.39, 0.29) is 5.75 Å². The normalized spacial score (nSPS) is 10.3. The summed E-state index contributed by atoms with van der Waals surface area (Å²) in [5, 5.41) is 9.79. The molecule has 1 N–H and O–H groups in total. The number of phenols is 1. The summed E-state index contributed by atoms with van der Waals surface area (Å²) >= 11 is 8.63. The highest BCUT2D eigenvalue weighted by Crippen LogP contribution is 2.37. The Morgan fingerprint density at radius 1 is 0.867 bits per heavy atom. The molecule has 1 nitrogen and oxygen atoms in total. The third-order valence-electron chi connectivity index (χ3n) is 2.20. The monoisotopic (exact) mass is 234 g/mol. The van der Waals surface area contributed by atoms with E-state index >= 15 is 0 Å². The molecule has 76 valence electrons. The predicted octanol–water partition coefficient (Wildman–Crippen LogP) is 3.64. The molecule has 0 bridgehead atoms. The van der Waals surface area contributed by atoms with Crippen LogP contribution in [0, 0.1) is 0 Å². The summed E-state index contributed by atoms with van der Waals surface area (Å²) in [6.45, 7) is 0. The van der Waals surface area contributed by atoms with Crippen LogP contribution in [-0.2, 0) is 0 Å². The lowest BCUT2D eigenvalue weighted by Gasteiger charge is -2.09. The first-order chi connectivity index (χ1) is 7.20. The maximum atomic E-state index is 9.79. The fourth-order valence-electron chi connectivity index (χ4n) is 1.46. The molecule has 0 unspecified atom stereocenters. The number of hydrogen-bond donors (Lipinski definition) is 3. The van der Waals surface area contributed by atoms with Crippen LogP contribution >= 0.6 is 25.3 Å². The van der Waals surface area contributed by atoms with E-state index in [1.165, 1.54) is 0 Å². The van der Waals surface area contributed by atoms with Crippen LogP contribution < -0.4 is 0 Å². The number of aromatic hydroxyl groups is 1. The molecular weight excluding hydrogens is 224 g/mol. The van der Waals surface area contributed by atoms with Crippen LogP contribution in [0.1, 0.15) is 0 Å². The molecule has 2 aromatic carbocycles. The van der Waals surface area contributed by atoms with Crippen molar-refractivity contribution in [3.8, 4) is 16.9 Å². The van der Waals surface area contributed by atoms with Gasteiger partial charge in [-0.2, -0.15) is 0 Å². The van der Waals surface area contributed by atoms with Crippen LogP contribution in [0.2, 0.25) is 0 Å². The van der Waals surface area contributed by atoms with Crippen molar-refractivity contribution in [1.29, 1.82) is 0 Å². The molecule has 0 atom stereocenters. The Labute approximate surface area is 99.6 Å². The van der Waals surface area contributed by atoms with Gasteiger partial charge in [-0.25, -0.2) is 0 Å². The van der Waals surface area contributed by atoms with Crippen molar-refractivity contribution in [2.75, 3.05) is 0 Å². The first-order valence-electron chi connectivity index (χ1n) is 4.49. The quantitative estimate of drug-likeness (QED) is 0.644. The average molecular weight is 234 g/mol. The molecule has 0 fully saturated rings. The van der Waals surface area contributed by atoms with E-state index in [1.54, 1.807) is 12.1 Å². The zero-order valence-electron chi connectivity index (χ0n) is 7.88. The number of hydrogen-bond acceptors (Lipinski definition) is 3. The third kappa shape index (κ3) is 1.98. The predicted molar refractivity (Wildman–Crippen MR) is 68.0 cm³/mol. The van der Waals surface area contributed by atoms with Crippen molar-refractivity contribution in [3.05, 3.63) is 42.5 Å². The van der Waals surface area contributed by atoms with Crippen molar-refractivity contribution in [2.45, 2.75) is 9.79 Å². The van der Waals surface area contributed by atoms with E-state index in [4.69, 9.17) is 0 Å². The fourth-order valence-corrected chi connectivity index (χ4v) is 1.96. The Bertz CT molecular complexity index is 480. The molecule has 15 heavy (non-hydrogen) atoms. The van der Waals surface area contributed by atoms with Crippen molar-refractivity contribution in [2.24, 2.45) is 0 Å². The number of thiol groups is 2. The van der Waals surface area contributed by atoms with Crippen LogP contribution in [0.25, 0.3) is 11.1 Å². The summed E-state index contributed by atoms with van der Waals surface area (Å²) in [5.74, 6) is 0.226. The average Bonchev–Trinajstić information content (AvgIpc) is 2.26. The lowest BCUT2D eigenvalue weighted by molar-refractivity contribution is 0.475. The summed E-state index contributed by atoms with van der Waals surface area (Å²) in [5.41, 5.74) is 1.67. The fraction of sp³-hybridized carbons (Fsp3) is 0. The van der Waals surface area contributed by atoms with Crippen molar-refractivity contribution >= 4 is 25.3 Å². The summed E-state index contributed by atoms with van der Waals surface area (Å²) in [6.07, 6.45) is 0. The number of phenolic OH excluding ortho intramolecular Hbond substituents is 1. The first kappa shape index (κ1) is 10.5. The lowest BCUT2D eigenvalue weighted by Crippen LogP contribution is -1.83. The van der Waals surface area contributed by atoms with Gasteiger partial charge in [0.25, 0.3) is 0 Å². The van der Waals surface area contributed by atoms with Gasteiger partial charge in [-0.05, 0) is 17.7 Å². The number of rotatable bonds is 1. The minimum atomic E-state index is 0.226. The maximum Gasteiger partial charge on any atom is 0.124 e. The van der Waals surface area contributed by atoms with Crippen LogP contribution in [0.3, 0.4) is 0 Å². The van der Waals surface area contributed by atoms with E-state index in [1.807, 2.05) is 30.3 Å². The van der Waals surface area contributed by atoms with Gasteiger partial charge < -0.3 is 5.11 Å². The molecule has 0 radical (unpaired) electrons. The highest BCUT2D eigenvalue weighted by Gasteiger charge is 2.09. The summed E-state index contributed by atoms with van der Waals surface area (Å²) in [4.78, 5) is 1.46. The van der Waals surface area contributed by atoms with E-state index < -0.39 is 0 Å². The summed E-state index contributed by atoms with van der Waals surface area (Å²) < 4.78 is 0. The van der Waals surface area contributed by atoms with Crippen LogP contribution in [0.15, 0.2) is 52.3 Å². The molecule has 0 saturated heterocycles. The van der Waals surface area contributed by atoms with Gasteiger partial charge in [-0.3, -0.25) is 0 Å². The Balaban J connectivity index is 2.68. The second kappa shape index (κ2) is 4.21. The summed E-state index contributed by atoms with van der Waals surface area (Å²) in [6, 6.07) is 13.0. The van der Waals surface area contributed by atoms with Gasteiger partial charge in [0.1, 0.15) is 5.75 Å². The summed E-state index contributed by atoms with van der Waals surface area (Å²) in [7, 11) is 0. The van der Waals surface area contributed by atoms with Crippen molar-refractivity contribution in [1.82, 2.24) is 0 Å². The molecule has 2 rings (SSSR count). The van der Waals surface area contributed by atoms with Crippen molar-refractivity contribution in [3.63, 3.8) is 0 Å².